The number of carbonyl (C=O) groups excluding carboxylic acids is 1. The average Bonchev–Trinajstić information content (AvgIpc) is 2.71. The minimum Gasteiger partial charge on any atom is -0.497 e. The smallest absolute Gasteiger partial charge is 0.417 e. The number of alkyl halides is 3. The molecule has 30 heavy (non-hydrogen) atoms. The summed E-state index contributed by atoms with van der Waals surface area (Å²) < 4.78 is 55.4. The number of hydrogen-bond acceptors (Lipinski definition) is 6. The van der Waals surface area contributed by atoms with Crippen LogP contribution in [0.2, 0.25) is 0 Å². The number of nitro groups is 1. The third-order valence-electron chi connectivity index (χ3n) is 4.38. The Morgan fingerprint density at radius 2 is 1.80 bits per heavy atom. The summed E-state index contributed by atoms with van der Waals surface area (Å²) in [5.41, 5.74) is -2.26. The van der Waals surface area contributed by atoms with Gasteiger partial charge in [-0.2, -0.15) is 13.2 Å². The second-order valence-electron chi connectivity index (χ2n) is 6.31. The van der Waals surface area contributed by atoms with Gasteiger partial charge in [-0.3, -0.25) is 10.1 Å². The molecule has 0 saturated carbocycles. The van der Waals surface area contributed by atoms with Crippen LogP contribution in [0.5, 0.6) is 11.5 Å². The summed E-state index contributed by atoms with van der Waals surface area (Å²) in [6, 6.07) is 7.97. The molecule has 2 aromatic rings. The van der Waals surface area contributed by atoms with E-state index >= 15 is 0 Å². The minimum atomic E-state index is -4.94. The van der Waals surface area contributed by atoms with Crippen molar-refractivity contribution in [2.24, 2.45) is 0 Å². The van der Waals surface area contributed by atoms with Crippen molar-refractivity contribution in [2.75, 3.05) is 14.2 Å². The highest BCUT2D eigenvalue weighted by atomic mass is 19.4. The first kappa shape index (κ1) is 23.0. The van der Waals surface area contributed by atoms with E-state index in [9.17, 15) is 28.1 Å². The monoisotopic (exact) mass is 427 g/mol. The third-order valence-corrected chi connectivity index (χ3v) is 4.38. The highest BCUT2D eigenvalue weighted by Gasteiger charge is 2.39. The van der Waals surface area contributed by atoms with E-state index in [1.54, 1.807) is 31.2 Å². The third kappa shape index (κ3) is 5.40. The van der Waals surface area contributed by atoms with Crippen LogP contribution in [0.3, 0.4) is 0 Å². The highest BCUT2D eigenvalue weighted by molar-refractivity contribution is 5.92. The zero-order valence-electron chi connectivity index (χ0n) is 16.5. The summed E-state index contributed by atoms with van der Waals surface area (Å²) in [5.74, 6) is -1.26. The predicted molar refractivity (Wildman–Crippen MR) is 101 cm³/mol. The fourth-order valence-electron chi connectivity index (χ4n) is 2.79. The van der Waals surface area contributed by atoms with E-state index in [0.717, 1.165) is 12.7 Å². The molecule has 2 aromatic carbocycles. The van der Waals surface area contributed by atoms with Crippen LogP contribution >= 0.6 is 0 Å². The van der Waals surface area contributed by atoms with Gasteiger partial charge in [-0.05, 0) is 24.1 Å². The van der Waals surface area contributed by atoms with E-state index in [0.29, 0.717) is 30.7 Å². The Hall–Kier alpha value is -3.30. The Morgan fingerprint density at radius 1 is 1.17 bits per heavy atom. The number of ether oxygens (including phenoxy) is 3. The molecule has 0 radical (unpaired) electrons. The standard InChI is InChI=1S/C20H20F3NO6/c1-4-13(9-12-5-7-14(28-2)8-6-12)30-18-11-16(20(21,22)23)15(19(25)29-3)10-17(18)24(26)27/h5-8,10-11,13H,4,9H2,1-3H3/t13-/m1/s1. The lowest BCUT2D eigenvalue weighted by Crippen LogP contribution is -2.21. The molecule has 10 heteroatoms. The van der Waals surface area contributed by atoms with E-state index in [2.05, 4.69) is 4.74 Å². The number of rotatable bonds is 8. The molecule has 0 heterocycles. The number of nitrogens with zero attached hydrogens (tertiary/aromatic N) is 1. The SMILES string of the molecule is CC[C@H](Cc1ccc(OC)cc1)Oc1cc(C(F)(F)F)c(C(=O)OC)cc1[N+](=O)[O-]. The van der Waals surface area contributed by atoms with Gasteiger partial charge >= 0.3 is 17.8 Å². The van der Waals surface area contributed by atoms with Crippen molar-refractivity contribution in [3.63, 3.8) is 0 Å². The number of esters is 1. The summed E-state index contributed by atoms with van der Waals surface area (Å²) in [4.78, 5) is 22.3. The number of carbonyl (C=O) groups is 1. The van der Waals surface area contributed by atoms with Crippen LogP contribution in [0.25, 0.3) is 0 Å². The topological polar surface area (TPSA) is 87.9 Å². The maximum atomic E-state index is 13.5. The van der Waals surface area contributed by atoms with Crippen LogP contribution in [-0.4, -0.2) is 31.2 Å². The number of halogens is 3. The van der Waals surface area contributed by atoms with Gasteiger partial charge in [0.2, 0.25) is 0 Å². The van der Waals surface area contributed by atoms with Gasteiger partial charge in [0.1, 0.15) is 11.9 Å². The Labute approximate surface area is 170 Å². The highest BCUT2D eigenvalue weighted by Crippen LogP contribution is 2.40. The Kier molecular flexibility index (Phi) is 7.25. The quantitative estimate of drug-likeness (QED) is 0.341. The van der Waals surface area contributed by atoms with Crippen molar-refractivity contribution in [3.05, 3.63) is 63.2 Å². The number of methoxy groups -OCH3 is 2. The first-order chi connectivity index (χ1) is 14.1. The van der Waals surface area contributed by atoms with Gasteiger partial charge in [0.25, 0.3) is 0 Å². The maximum Gasteiger partial charge on any atom is 0.417 e. The van der Waals surface area contributed by atoms with Crippen LogP contribution in [0.4, 0.5) is 18.9 Å². The Balaban J connectivity index is 2.44. The number of benzene rings is 2. The average molecular weight is 427 g/mol. The zero-order chi connectivity index (χ0) is 22.5. The summed E-state index contributed by atoms with van der Waals surface area (Å²) in [6.07, 6.45) is -4.89. The van der Waals surface area contributed by atoms with Gasteiger partial charge in [0.15, 0.2) is 5.75 Å². The lowest BCUT2D eigenvalue weighted by molar-refractivity contribution is -0.386. The summed E-state index contributed by atoms with van der Waals surface area (Å²) in [7, 11) is 2.41. The van der Waals surface area contributed by atoms with Gasteiger partial charge in [0, 0.05) is 18.6 Å². The molecule has 0 N–H and O–H groups in total. The first-order valence-electron chi connectivity index (χ1n) is 8.88. The second kappa shape index (κ2) is 9.47. The van der Waals surface area contributed by atoms with Gasteiger partial charge in [-0.15, -0.1) is 0 Å². The molecule has 0 aliphatic rings. The fourth-order valence-corrected chi connectivity index (χ4v) is 2.79. The van der Waals surface area contributed by atoms with Crippen LogP contribution in [0.1, 0.15) is 34.8 Å². The van der Waals surface area contributed by atoms with Crippen LogP contribution < -0.4 is 9.47 Å². The fraction of sp³-hybridized carbons (Fsp3) is 0.350. The van der Waals surface area contributed by atoms with Gasteiger partial charge < -0.3 is 14.2 Å². The van der Waals surface area contributed by atoms with E-state index in [4.69, 9.17) is 9.47 Å². The molecule has 0 aliphatic heterocycles. The Morgan fingerprint density at radius 3 is 2.27 bits per heavy atom. The normalized spacial score (nSPS) is 12.2. The molecule has 1 atom stereocenters. The molecule has 0 aliphatic carbocycles. The molecule has 0 amide bonds. The van der Waals surface area contributed by atoms with Crippen molar-refractivity contribution in [1.29, 1.82) is 0 Å². The second-order valence-corrected chi connectivity index (χ2v) is 6.31. The van der Waals surface area contributed by atoms with Gasteiger partial charge in [-0.25, -0.2) is 4.79 Å². The molecule has 0 fully saturated rings. The van der Waals surface area contributed by atoms with Crippen LogP contribution in [0, 0.1) is 10.1 Å². The van der Waals surface area contributed by atoms with E-state index in [1.807, 2.05) is 0 Å². The molecular formula is C20H20F3NO6. The molecule has 162 valence electrons. The molecule has 0 aromatic heterocycles. The molecule has 0 spiro atoms. The van der Waals surface area contributed by atoms with Gasteiger partial charge in [-0.1, -0.05) is 19.1 Å². The van der Waals surface area contributed by atoms with Crippen molar-refractivity contribution in [1.82, 2.24) is 0 Å². The van der Waals surface area contributed by atoms with Crippen molar-refractivity contribution in [2.45, 2.75) is 32.0 Å². The Bertz CT molecular complexity index is 912. The first-order valence-corrected chi connectivity index (χ1v) is 8.88. The van der Waals surface area contributed by atoms with Crippen molar-refractivity contribution >= 4 is 11.7 Å². The molecule has 2 rings (SSSR count). The molecule has 7 nitrogen and oxygen atoms in total. The van der Waals surface area contributed by atoms with Gasteiger partial charge in [0.05, 0.1) is 30.3 Å². The lowest BCUT2D eigenvalue weighted by atomic mass is 10.0. The van der Waals surface area contributed by atoms with Crippen molar-refractivity contribution < 1.29 is 37.1 Å². The van der Waals surface area contributed by atoms with Crippen LogP contribution in [-0.2, 0) is 17.3 Å². The molecule has 0 saturated heterocycles. The molecular weight excluding hydrogens is 407 g/mol. The lowest BCUT2D eigenvalue weighted by Gasteiger charge is -2.20. The number of hydrogen-bond donors (Lipinski definition) is 0. The van der Waals surface area contributed by atoms with Crippen molar-refractivity contribution in [3.8, 4) is 11.5 Å². The maximum absolute atomic E-state index is 13.5. The van der Waals surface area contributed by atoms with Crippen LogP contribution in [0.15, 0.2) is 36.4 Å². The van der Waals surface area contributed by atoms with E-state index in [-0.39, 0.29) is 0 Å². The number of nitro benzene ring substituents is 1. The minimum absolute atomic E-state index is 0.303. The molecule has 0 unspecified atom stereocenters. The van der Waals surface area contributed by atoms with E-state index in [1.165, 1.54) is 7.11 Å². The summed E-state index contributed by atoms with van der Waals surface area (Å²) in [6.45, 7) is 1.74. The summed E-state index contributed by atoms with van der Waals surface area (Å²) >= 11 is 0. The van der Waals surface area contributed by atoms with E-state index < -0.39 is 45.7 Å². The molecule has 0 bridgehead atoms. The predicted octanol–water partition coefficient (Wildman–Crippen LogP) is 4.81. The largest absolute Gasteiger partial charge is 0.497 e. The zero-order valence-corrected chi connectivity index (χ0v) is 16.5. The summed E-state index contributed by atoms with van der Waals surface area (Å²) in [5, 5.41) is 11.4.